The van der Waals surface area contributed by atoms with Crippen LogP contribution in [-0.2, 0) is 17.7 Å². The lowest BCUT2D eigenvalue weighted by Crippen LogP contribution is -2.14. The third-order valence-electron chi connectivity index (χ3n) is 3.83. The molecule has 6 nitrogen and oxygen atoms in total. The number of rotatable bonds is 8. The first-order chi connectivity index (χ1) is 13.3. The second kappa shape index (κ2) is 8.66. The van der Waals surface area contributed by atoms with E-state index < -0.39 is 18.8 Å². The Morgan fingerprint density at radius 2 is 2.11 bits per heavy atom. The lowest BCUT2D eigenvalue weighted by molar-refractivity contribution is -0.324. The van der Waals surface area contributed by atoms with E-state index in [4.69, 9.17) is 16.0 Å². The van der Waals surface area contributed by atoms with Gasteiger partial charge < -0.3 is 9.73 Å². The van der Waals surface area contributed by atoms with Crippen LogP contribution in [0.4, 0.5) is 23.4 Å². The number of unbranched alkanes of at least 4 members (excludes halogenated alkanes) is 1. The van der Waals surface area contributed by atoms with Crippen LogP contribution in [-0.4, -0.2) is 27.6 Å². The zero-order valence-electron chi connectivity index (χ0n) is 14.2. The fourth-order valence-corrected chi connectivity index (χ4v) is 3.40. The van der Waals surface area contributed by atoms with Crippen LogP contribution in [0.2, 0.25) is 5.28 Å². The fourth-order valence-electron chi connectivity index (χ4n) is 2.61. The smallest absolute Gasteiger partial charge is 0.467 e. The molecule has 152 valence electrons. The molecule has 0 aromatic carbocycles. The minimum atomic E-state index is -4.67. The number of alkyl halides is 3. The van der Waals surface area contributed by atoms with Gasteiger partial charge in [-0.2, -0.15) is 4.98 Å². The largest absolute Gasteiger partial charge is 0.522 e. The van der Waals surface area contributed by atoms with E-state index in [9.17, 15) is 17.6 Å². The SMILES string of the molecule is Fc1c(CCCCOC(F)(F)F)c(Br)n2nc(Cl)nc(NCc3ccco3)c12. The maximum Gasteiger partial charge on any atom is 0.522 e. The molecule has 3 heterocycles. The van der Waals surface area contributed by atoms with Crippen LogP contribution in [0.25, 0.3) is 5.52 Å². The second-order valence-electron chi connectivity index (χ2n) is 5.76. The lowest BCUT2D eigenvalue weighted by Gasteiger charge is -2.06. The van der Waals surface area contributed by atoms with Gasteiger partial charge in [0, 0.05) is 5.56 Å². The molecule has 28 heavy (non-hydrogen) atoms. The number of ether oxygens (including phenoxy) is 1. The number of fused-ring (bicyclic) bond motifs is 1. The van der Waals surface area contributed by atoms with Crippen LogP contribution in [0.5, 0.6) is 0 Å². The van der Waals surface area contributed by atoms with Crippen molar-refractivity contribution in [1.82, 2.24) is 14.6 Å². The van der Waals surface area contributed by atoms with Crippen LogP contribution >= 0.6 is 27.5 Å². The molecule has 1 N–H and O–H groups in total. The van der Waals surface area contributed by atoms with Crippen LogP contribution < -0.4 is 5.32 Å². The predicted molar refractivity (Wildman–Crippen MR) is 96.6 cm³/mol. The Bertz CT molecular complexity index is 947. The van der Waals surface area contributed by atoms with Crippen LogP contribution in [0.3, 0.4) is 0 Å². The van der Waals surface area contributed by atoms with Crippen molar-refractivity contribution in [3.8, 4) is 0 Å². The Morgan fingerprint density at radius 1 is 1.32 bits per heavy atom. The van der Waals surface area contributed by atoms with Gasteiger partial charge in [0.1, 0.15) is 15.9 Å². The van der Waals surface area contributed by atoms with Crippen LogP contribution in [0.15, 0.2) is 27.4 Å². The van der Waals surface area contributed by atoms with E-state index in [0.717, 1.165) is 0 Å². The number of anilines is 1. The number of nitrogens with zero attached hydrogens (tertiary/aromatic N) is 3. The normalized spacial score (nSPS) is 12.1. The van der Waals surface area contributed by atoms with Gasteiger partial charge in [0.15, 0.2) is 11.6 Å². The topological polar surface area (TPSA) is 64.6 Å². The summed E-state index contributed by atoms with van der Waals surface area (Å²) in [5, 5.41) is 6.83. The van der Waals surface area contributed by atoms with E-state index >= 15 is 0 Å². The van der Waals surface area contributed by atoms with Gasteiger partial charge in [-0.15, -0.1) is 18.3 Å². The Balaban J connectivity index is 1.77. The molecule has 12 heteroatoms. The summed E-state index contributed by atoms with van der Waals surface area (Å²) in [6.45, 7) is -0.236. The van der Waals surface area contributed by atoms with E-state index in [1.165, 1.54) is 10.8 Å². The summed E-state index contributed by atoms with van der Waals surface area (Å²) in [5.74, 6) is 0.201. The van der Waals surface area contributed by atoms with Crippen molar-refractivity contribution < 1.29 is 26.7 Å². The van der Waals surface area contributed by atoms with Gasteiger partial charge in [-0.05, 0) is 58.9 Å². The maximum atomic E-state index is 15.0. The summed E-state index contributed by atoms with van der Waals surface area (Å²) < 4.78 is 61.5. The number of aromatic nitrogens is 3. The van der Waals surface area contributed by atoms with Gasteiger partial charge in [-0.1, -0.05) is 0 Å². The maximum absolute atomic E-state index is 15.0. The van der Waals surface area contributed by atoms with E-state index in [-0.39, 0.29) is 41.6 Å². The van der Waals surface area contributed by atoms with Gasteiger partial charge in [-0.25, -0.2) is 8.91 Å². The monoisotopic (exact) mass is 484 g/mol. The highest BCUT2D eigenvalue weighted by Crippen LogP contribution is 2.32. The number of halogens is 6. The van der Waals surface area contributed by atoms with E-state index in [1.807, 2.05) is 0 Å². The zero-order valence-corrected chi connectivity index (χ0v) is 16.5. The molecule has 0 unspecified atom stereocenters. The number of nitrogens with one attached hydrogen (secondary N) is 1. The Hall–Kier alpha value is -1.85. The minimum Gasteiger partial charge on any atom is -0.467 e. The van der Waals surface area contributed by atoms with Gasteiger partial charge in [0.25, 0.3) is 0 Å². The van der Waals surface area contributed by atoms with Crippen LogP contribution in [0, 0.1) is 5.82 Å². The predicted octanol–water partition coefficient (Wildman–Crippen LogP) is 5.35. The molecule has 0 saturated heterocycles. The first kappa shape index (κ1) is 20.9. The fraction of sp³-hybridized carbons (Fsp3) is 0.375. The number of hydrogen-bond donors (Lipinski definition) is 1. The third kappa shape index (κ3) is 4.95. The van der Waals surface area contributed by atoms with Crippen LogP contribution in [0.1, 0.15) is 24.2 Å². The molecule has 0 amide bonds. The molecular weight excluding hydrogens is 472 g/mol. The Morgan fingerprint density at radius 3 is 2.79 bits per heavy atom. The van der Waals surface area contributed by atoms with Gasteiger partial charge in [0.2, 0.25) is 5.28 Å². The van der Waals surface area contributed by atoms with Gasteiger partial charge in [-0.3, -0.25) is 4.74 Å². The molecule has 3 aromatic rings. The average Bonchev–Trinajstić information content (AvgIpc) is 3.21. The third-order valence-corrected chi connectivity index (χ3v) is 4.80. The summed E-state index contributed by atoms with van der Waals surface area (Å²) in [5.41, 5.74) is 0.342. The molecule has 0 saturated carbocycles. The van der Waals surface area contributed by atoms with Crippen molar-refractivity contribution in [1.29, 1.82) is 0 Å². The number of hydrogen-bond acceptors (Lipinski definition) is 5. The van der Waals surface area contributed by atoms with Gasteiger partial charge >= 0.3 is 6.36 Å². The summed E-state index contributed by atoms with van der Waals surface area (Å²) in [6.07, 6.45) is -2.56. The standard InChI is InChI=1S/C16H14BrClF4N4O2/c17-13-10(5-1-2-7-28-16(20,21)22)11(19)12-14(24-15(18)25-26(12)13)23-8-9-4-3-6-27-9/h3-4,6H,1-2,5,7-8H2,(H,23,24,25). The molecule has 0 fully saturated rings. The zero-order chi connectivity index (χ0) is 20.3. The van der Waals surface area contributed by atoms with E-state index in [1.54, 1.807) is 12.1 Å². The van der Waals surface area contributed by atoms with Crippen molar-refractivity contribution in [2.24, 2.45) is 0 Å². The summed E-state index contributed by atoms with van der Waals surface area (Å²) in [4.78, 5) is 4.03. The molecule has 0 atom stereocenters. The molecule has 0 aliphatic rings. The van der Waals surface area contributed by atoms with Crippen molar-refractivity contribution in [2.45, 2.75) is 32.2 Å². The molecule has 0 radical (unpaired) electrons. The van der Waals surface area contributed by atoms with Crippen molar-refractivity contribution in [3.63, 3.8) is 0 Å². The molecule has 0 aliphatic carbocycles. The average molecular weight is 486 g/mol. The lowest BCUT2D eigenvalue weighted by atomic mass is 10.1. The highest BCUT2D eigenvalue weighted by Gasteiger charge is 2.28. The molecular formula is C16H14BrClF4N4O2. The summed E-state index contributed by atoms with van der Waals surface area (Å²) >= 11 is 9.21. The molecule has 0 spiro atoms. The minimum absolute atomic E-state index is 0.0735. The quantitative estimate of drug-likeness (QED) is 0.344. The summed E-state index contributed by atoms with van der Waals surface area (Å²) in [6, 6.07) is 3.46. The number of furan rings is 1. The Labute approximate surface area is 169 Å². The first-order valence-corrected chi connectivity index (χ1v) is 9.32. The first-order valence-electron chi connectivity index (χ1n) is 8.15. The Kier molecular flexibility index (Phi) is 6.46. The van der Waals surface area contributed by atoms with Gasteiger partial charge in [0.05, 0.1) is 19.4 Å². The van der Waals surface area contributed by atoms with Crippen molar-refractivity contribution in [2.75, 3.05) is 11.9 Å². The second-order valence-corrected chi connectivity index (χ2v) is 6.85. The van der Waals surface area contributed by atoms with Crippen molar-refractivity contribution in [3.05, 3.63) is 45.4 Å². The molecule has 3 aromatic heterocycles. The molecule has 3 rings (SSSR count). The van der Waals surface area contributed by atoms with E-state index in [0.29, 0.717) is 16.8 Å². The highest BCUT2D eigenvalue weighted by molar-refractivity contribution is 9.10. The molecule has 0 bridgehead atoms. The van der Waals surface area contributed by atoms with Crippen molar-refractivity contribution >= 4 is 38.9 Å². The summed E-state index contributed by atoms with van der Waals surface area (Å²) in [7, 11) is 0. The highest BCUT2D eigenvalue weighted by atomic mass is 79.9. The molecule has 0 aliphatic heterocycles. The van der Waals surface area contributed by atoms with E-state index in [2.05, 4.69) is 36.1 Å².